The summed E-state index contributed by atoms with van der Waals surface area (Å²) in [5.41, 5.74) is 0.648. The zero-order valence-corrected chi connectivity index (χ0v) is 9.31. The smallest absolute Gasteiger partial charge is 0.179 e. The molecule has 0 aliphatic heterocycles. The van der Waals surface area contributed by atoms with Gasteiger partial charge in [-0.1, -0.05) is 12.1 Å². The molecule has 4 nitrogen and oxygen atoms in total. The highest BCUT2D eigenvalue weighted by Crippen LogP contribution is 2.31. The second-order valence-electron chi connectivity index (χ2n) is 4.53. The van der Waals surface area contributed by atoms with Crippen molar-refractivity contribution >= 4 is 5.78 Å². The lowest BCUT2D eigenvalue weighted by Gasteiger charge is -2.26. The first kappa shape index (κ1) is 10.3. The number of hydrogen-bond acceptors (Lipinski definition) is 3. The van der Waals surface area contributed by atoms with Gasteiger partial charge in [0, 0.05) is 6.92 Å². The number of ketones is 1. The van der Waals surface area contributed by atoms with E-state index in [1.807, 2.05) is 4.68 Å². The topological polar surface area (TPSA) is 47.8 Å². The molecule has 0 N–H and O–H groups in total. The number of nitrogens with zero attached hydrogens (tertiary/aromatic N) is 3. The molecule has 1 saturated carbocycles. The third-order valence-corrected chi connectivity index (χ3v) is 3.27. The Bertz CT molecular complexity index is 350. The molecule has 0 radical (unpaired) electrons. The van der Waals surface area contributed by atoms with Crippen molar-refractivity contribution in [2.45, 2.75) is 45.6 Å². The molecule has 1 aliphatic rings. The zero-order valence-electron chi connectivity index (χ0n) is 9.31. The van der Waals surface area contributed by atoms with Gasteiger partial charge in [-0.2, -0.15) is 0 Å². The Balaban J connectivity index is 2.15. The maximum absolute atomic E-state index is 11.3. The second-order valence-corrected chi connectivity index (χ2v) is 4.53. The SMILES string of the molecule is CC(=O)c1cnnn1C1CCC(C)CC1. The van der Waals surface area contributed by atoms with Gasteiger partial charge in [0.15, 0.2) is 5.78 Å². The van der Waals surface area contributed by atoms with Crippen LogP contribution in [-0.2, 0) is 0 Å². The summed E-state index contributed by atoms with van der Waals surface area (Å²) in [6.07, 6.45) is 6.25. The van der Waals surface area contributed by atoms with Crippen LogP contribution in [0.25, 0.3) is 0 Å². The summed E-state index contributed by atoms with van der Waals surface area (Å²) < 4.78 is 1.81. The average Bonchev–Trinajstić information content (AvgIpc) is 2.67. The summed E-state index contributed by atoms with van der Waals surface area (Å²) in [6.45, 7) is 3.85. The number of carbonyl (C=O) groups excluding carboxylic acids is 1. The number of aromatic nitrogens is 3. The molecule has 1 fully saturated rings. The molecule has 4 heteroatoms. The van der Waals surface area contributed by atoms with Crippen LogP contribution in [-0.4, -0.2) is 20.8 Å². The van der Waals surface area contributed by atoms with Crippen molar-refractivity contribution in [3.05, 3.63) is 11.9 Å². The summed E-state index contributed by atoms with van der Waals surface area (Å²) in [4.78, 5) is 11.3. The Kier molecular flexibility index (Phi) is 2.84. The molecular weight excluding hydrogens is 190 g/mol. The fraction of sp³-hybridized carbons (Fsp3) is 0.727. The molecule has 1 aromatic heterocycles. The van der Waals surface area contributed by atoms with Crippen molar-refractivity contribution in [3.8, 4) is 0 Å². The fourth-order valence-electron chi connectivity index (χ4n) is 2.25. The Hall–Kier alpha value is -1.19. The molecule has 1 heterocycles. The van der Waals surface area contributed by atoms with Crippen molar-refractivity contribution in [1.29, 1.82) is 0 Å². The second kappa shape index (κ2) is 4.13. The highest BCUT2D eigenvalue weighted by atomic mass is 16.1. The van der Waals surface area contributed by atoms with E-state index < -0.39 is 0 Å². The standard InChI is InChI=1S/C11H17N3O/c1-8-3-5-10(6-4-8)14-11(9(2)15)7-12-13-14/h7-8,10H,3-6H2,1-2H3. The lowest BCUT2D eigenvalue weighted by molar-refractivity contribution is 0.0997. The zero-order chi connectivity index (χ0) is 10.8. The van der Waals surface area contributed by atoms with Crippen molar-refractivity contribution < 1.29 is 4.79 Å². The molecule has 0 aromatic carbocycles. The number of hydrogen-bond donors (Lipinski definition) is 0. The minimum absolute atomic E-state index is 0.0543. The third-order valence-electron chi connectivity index (χ3n) is 3.27. The van der Waals surface area contributed by atoms with Crippen LogP contribution in [0.2, 0.25) is 0 Å². The van der Waals surface area contributed by atoms with Crippen LogP contribution in [0.1, 0.15) is 56.1 Å². The fourth-order valence-corrected chi connectivity index (χ4v) is 2.25. The quantitative estimate of drug-likeness (QED) is 0.699. The van der Waals surface area contributed by atoms with E-state index in [1.165, 1.54) is 12.8 Å². The molecule has 0 spiro atoms. The van der Waals surface area contributed by atoms with Gasteiger partial charge in [-0.3, -0.25) is 4.79 Å². The van der Waals surface area contributed by atoms with Crippen molar-refractivity contribution in [1.82, 2.24) is 15.0 Å². The average molecular weight is 207 g/mol. The molecule has 0 amide bonds. The Labute approximate surface area is 89.7 Å². The first-order chi connectivity index (χ1) is 7.18. The highest BCUT2D eigenvalue weighted by Gasteiger charge is 2.23. The summed E-state index contributed by atoms with van der Waals surface area (Å²) in [6, 6.07) is 0.377. The summed E-state index contributed by atoms with van der Waals surface area (Å²) >= 11 is 0. The molecule has 82 valence electrons. The van der Waals surface area contributed by atoms with Gasteiger partial charge in [-0.05, 0) is 31.6 Å². The molecule has 15 heavy (non-hydrogen) atoms. The molecule has 2 rings (SSSR count). The van der Waals surface area contributed by atoms with Crippen LogP contribution in [0.3, 0.4) is 0 Å². The predicted octanol–water partition coefficient (Wildman–Crippen LogP) is 2.23. The Morgan fingerprint density at radius 1 is 1.40 bits per heavy atom. The van der Waals surface area contributed by atoms with E-state index in [4.69, 9.17) is 0 Å². The van der Waals surface area contributed by atoms with Crippen LogP contribution < -0.4 is 0 Å². The molecule has 0 saturated heterocycles. The first-order valence-electron chi connectivity index (χ1n) is 5.59. The van der Waals surface area contributed by atoms with Crippen LogP contribution >= 0.6 is 0 Å². The van der Waals surface area contributed by atoms with Crippen LogP contribution in [0.5, 0.6) is 0 Å². The highest BCUT2D eigenvalue weighted by molar-refractivity contribution is 5.91. The summed E-state index contributed by atoms with van der Waals surface area (Å²) in [5.74, 6) is 0.865. The molecule has 0 unspecified atom stereocenters. The van der Waals surface area contributed by atoms with E-state index in [-0.39, 0.29) is 5.78 Å². The van der Waals surface area contributed by atoms with Crippen LogP contribution in [0, 0.1) is 5.92 Å². The monoisotopic (exact) mass is 207 g/mol. The first-order valence-corrected chi connectivity index (χ1v) is 5.59. The molecule has 0 bridgehead atoms. The lowest BCUT2D eigenvalue weighted by atomic mass is 9.87. The van der Waals surface area contributed by atoms with E-state index >= 15 is 0 Å². The number of rotatable bonds is 2. The minimum Gasteiger partial charge on any atom is -0.293 e. The summed E-state index contributed by atoms with van der Waals surface area (Å²) in [5, 5.41) is 7.86. The van der Waals surface area contributed by atoms with Gasteiger partial charge < -0.3 is 0 Å². The Morgan fingerprint density at radius 3 is 2.67 bits per heavy atom. The van der Waals surface area contributed by atoms with Gasteiger partial charge >= 0.3 is 0 Å². The van der Waals surface area contributed by atoms with Gasteiger partial charge in [0.2, 0.25) is 0 Å². The normalized spacial score (nSPS) is 26.5. The van der Waals surface area contributed by atoms with E-state index in [0.29, 0.717) is 11.7 Å². The van der Waals surface area contributed by atoms with E-state index in [0.717, 1.165) is 18.8 Å². The lowest BCUT2D eigenvalue weighted by Crippen LogP contribution is -2.20. The third kappa shape index (κ3) is 2.08. The Morgan fingerprint density at radius 2 is 2.07 bits per heavy atom. The van der Waals surface area contributed by atoms with Gasteiger partial charge in [0.25, 0.3) is 0 Å². The molecule has 1 aliphatic carbocycles. The van der Waals surface area contributed by atoms with E-state index in [1.54, 1.807) is 13.1 Å². The maximum atomic E-state index is 11.3. The van der Waals surface area contributed by atoms with E-state index in [2.05, 4.69) is 17.2 Å². The van der Waals surface area contributed by atoms with Gasteiger partial charge in [0.05, 0.1) is 12.2 Å². The predicted molar refractivity (Wildman–Crippen MR) is 56.7 cm³/mol. The van der Waals surface area contributed by atoms with Gasteiger partial charge in [-0.15, -0.1) is 5.10 Å². The van der Waals surface area contributed by atoms with Crippen molar-refractivity contribution in [2.24, 2.45) is 5.92 Å². The molecule has 0 atom stereocenters. The van der Waals surface area contributed by atoms with Crippen LogP contribution in [0.4, 0.5) is 0 Å². The van der Waals surface area contributed by atoms with E-state index in [9.17, 15) is 4.79 Å². The number of carbonyl (C=O) groups is 1. The van der Waals surface area contributed by atoms with Crippen molar-refractivity contribution in [2.75, 3.05) is 0 Å². The number of Topliss-reactive ketones (excluding diaryl/α,β-unsaturated/α-hetero) is 1. The van der Waals surface area contributed by atoms with Crippen molar-refractivity contribution in [3.63, 3.8) is 0 Å². The largest absolute Gasteiger partial charge is 0.293 e. The molecule has 1 aromatic rings. The molecular formula is C11H17N3O. The van der Waals surface area contributed by atoms with Crippen LogP contribution in [0.15, 0.2) is 6.20 Å². The van der Waals surface area contributed by atoms with Gasteiger partial charge in [-0.25, -0.2) is 4.68 Å². The maximum Gasteiger partial charge on any atom is 0.179 e. The van der Waals surface area contributed by atoms with Gasteiger partial charge in [0.1, 0.15) is 5.69 Å². The minimum atomic E-state index is 0.0543. The summed E-state index contributed by atoms with van der Waals surface area (Å²) in [7, 11) is 0.